The molecule has 2 heteroatoms. The number of rotatable bonds is 2. The SMILES string of the molecule is CC(CC#N)N1CCCCCC1C. The zero-order chi connectivity index (χ0) is 9.68. The lowest BCUT2D eigenvalue weighted by atomic mass is 10.1. The third-order valence-electron chi connectivity index (χ3n) is 3.06. The van der Waals surface area contributed by atoms with Crippen molar-refractivity contribution in [3.05, 3.63) is 0 Å². The molecule has 0 aliphatic carbocycles. The largest absolute Gasteiger partial charge is 0.297 e. The molecule has 2 nitrogen and oxygen atoms in total. The summed E-state index contributed by atoms with van der Waals surface area (Å²) in [5.74, 6) is 0. The summed E-state index contributed by atoms with van der Waals surface area (Å²) in [6.45, 7) is 5.65. The Hall–Kier alpha value is -0.550. The number of nitriles is 1. The van der Waals surface area contributed by atoms with Crippen LogP contribution in [-0.4, -0.2) is 23.5 Å². The Bertz CT molecular complexity index is 183. The maximum absolute atomic E-state index is 8.65. The van der Waals surface area contributed by atoms with Crippen LogP contribution in [-0.2, 0) is 0 Å². The molecule has 1 saturated heterocycles. The lowest BCUT2D eigenvalue weighted by Crippen LogP contribution is -2.39. The molecule has 1 heterocycles. The summed E-state index contributed by atoms with van der Waals surface area (Å²) in [4.78, 5) is 2.50. The van der Waals surface area contributed by atoms with E-state index in [1.807, 2.05) is 0 Å². The first-order valence-corrected chi connectivity index (χ1v) is 5.38. The number of likely N-dealkylation sites (tertiary alicyclic amines) is 1. The molecule has 0 saturated carbocycles. The molecule has 1 rings (SSSR count). The summed E-state index contributed by atoms with van der Waals surface area (Å²) in [5.41, 5.74) is 0. The normalized spacial score (nSPS) is 27.6. The second-order valence-corrected chi connectivity index (χ2v) is 4.15. The third kappa shape index (κ3) is 3.00. The van der Waals surface area contributed by atoms with Gasteiger partial charge in [0.25, 0.3) is 0 Å². The second-order valence-electron chi connectivity index (χ2n) is 4.15. The van der Waals surface area contributed by atoms with Gasteiger partial charge in [0.1, 0.15) is 0 Å². The van der Waals surface area contributed by atoms with Crippen LogP contribution in [0.2, 0.25) is 0 Å². The van der Waals surface area contributed by atoms with Crippen molar-refractivity contribution in [1.82, 2.24) is 4.90 Å². The fourth-order valence-electron chi connectivity index (χ4n) is 2.20. The van der Waals surface area contributed by atoms with E-state index in [0.29, 0.717) is 18.5 Å². The molecule has 74 valence electrons. The highest BCUT2D eigenvalue weighted by atomic mass is 15.2. The summed E-state index contributed by atoms with van der Waals surface area (Å²) in [7, 11) is 0. The predicted molar refractivity (Wildman–Crippen MR) is 54.3 cm³/mol. The second kappa shape index (κ2) is 5.24. The highest BCUT2D eigenvalue weighted by molar-refractivity contribution is 4.83. The van der Waals surface area contributed by atoms with Gasteiger partial charge in [-0.2, -0.15) is 5.26 Å². The number of hydrogen-bond donors (Lipinski definition) is 0. The zero-order valence-corrected chi connectivity index (χ0v) is 8.79. The van der Waals surface area contributed by atoms with E-state index < -0.39 is 0 Å². The molecule has 1 aliphatic heterocycles. The first-order valence-electron chi connectivity index (χ1n) is 5.38. The molecule has 13 heavy (non-hydrogen) atoms. The van der Waals surface area contributed by atoms with E-state index in [9.17, 15) is 0 Å². The molecule has 0 spiro atoms. The Morgan fingerprint density at radius 3 is 2.92 bits per heavy atom. The molecular weight excluding hydrogens is 160 g/mol. The fraction of sp³-hybridized carbons (Fsp3) is 0.909. The van der Waals surface area contributed by atoms with Crippen molar-refractivity contribution >= 4 is 0 Å². The Morgan fingerprint density at radius 2 is 2.23 bits per heavy atom. The van der Waals surface area contributed by atoms with Crippen LogP contribution in [0, 0.1) is 11.3 Å². The average molecular weight is 180 g/mol. The molecule has 0 aromatic heterocycles. The van der Waals surface area contributed by atoms with Crippen LogP contribution in [0.3, 0.4) is 0 Å². The van der Waals surface area contributed by atoms with Gasteiger partial charge in [-0.15, -0.1) is 0 Å². The van der Waals surface area contributed by atoms with Crippen LogP contribution in [0.5, 0.6) is 0 Å². The van der Waals surface area contributed by atoms with Crippen LogP contribution in [0.4, 0.5) is 0 Å². The van der Waals surface area contributed by atoms with Crippen molar-refractivity contribution in [3.63, 3.8) is 0 Å². The van der Waals surface area contributed by atoms with Crippen molar-refractivity contribution in [2.24, 2.45) is 0 Å². The zero-order valence-electron chi connectivity index (χ0n) is 8.79. The van der Waals surface area contributed by atoms with Gasteiger partial charge in [-0.3, -0.25) is 4.90 Å². The van der Waals surface area contributed by atoms with E-state index in [4.69, 9.17) is 5.26 Å². The van der Waals surface area contributed by atoms with E-state index in [-0.39, 0.29) is 0 Å². The molecular formula is C11H20N2. The summed E-state index contributed by atoms with van der Waals surface area (Å²) in [6, 6.07) is 3.38. The molecule has 0 aromatic rings. The van der Waals surface area contributed by atoms with Gasteiger partial charge in [-0.1, -0.05) is 12.8 Å². The molecule has 0 radical (unpaired) electrons. The van der Waals surface area contributed by atoms with Crippen molar-refractivity contribution in [3.8, 4) is 6.07 Å². The minimum atomic E-state index is 0.443. The van der Waals surface area contributed by atoms with Gasteiger partial charge < -0.3 is 0 Å². The monoisotopic (exact) mass is 180 g/mol. The summed E-state index contributed by atoms with van der Waals surface area (Å²) in [6.07, 6.45) is 6.00. The van der Waals surface area contributed by atoms with Crippen molar-refractivity contribution in [2.45, 2.75) is 58.0 Å². The van der Waals surface area contributed by atoms with E-state index >= 15 is 0 Å². The van der Waals surface area contributed by atoms with Gasteiger partial charge in [-0.05, 0) is 33.2 Å². The first-order chi connectivity index (χ1) is 6.25. The highest BCUT2D eigenvalue weighted by Crippen LogP contribution is 2.19. The van der Waals surface area contributed by atoms with Crippen molar-refractivity contribution in [2.75, 3.05) is 6.54 Å². The molecule has 1 fully saturated rings. The number of hydrogen-bond acceptors (Lipinski definition) is 2. The topological polar surface area (TPSA) is 27.0 Å². The molecule has 2 atom stereocenters. The predicted octanol–water partition coefficient (Wildman–Crippen LogP) is 2.55. The quantitative estimate of drug-likeness (QED) is 0.653. The maximum atomic E-state index is 8.65. The first kappa shape index (κ1) is 10.5. The summed E-state index contributed by atoms with van der Waals surface area (Å²) >= 11 is 0. The average Bonchev–Trinajstić information content (AvgIpc) is 2.30. The van der Waals surface area contributed by atoms with E-state index in [2.05, 4.69) is 24.8 Å². The Balaban J connectivity index is 2.49. The molecule has 0 N–H and O–H groups in total. The lowest BCUT2D eigenvalue weighted by molar-refractivity contribution is 0.159. The smallest absolute Gasteiger partial charge is 0.0638 e. The van der Waals surface area contributed by atoms with Gasteiger partial charge in [0.05, 0.1) is 12.5 Å². The fourth-order valence-corrected chi connectivity index (χ4v) is 2.20. The summed E-state index contributed by atoms with van der Waals surface area (Å²) < 4.78 is 0. The van der Waals surface area contributed by atoms with Gasteiger partial charge >= 0.3 is 0 Å². The van der Waals surface area contributed by atoms with Crippen molar-refractivity contribution in [1.29, 1.82) is 5.26 Å². The van der Waals surface area contributed by atoms with E-state index in [1.165, 1.54) is 32.2 Å². The summed E-state index contributed by atoms with van der Waals surface area (Å²) in [5, 5.41) is 8.65. The minimum absolute atomic E-state index is 0.443. The van der Waals surface area contributed by atoms with Crippen LogP contribution >= 0.6 is 0 Å². The lowest BCUT2D eigenvalue weighted by Gasteiger charge is -2.31. The van der Waals surface area contributed by atoms with E-state index in [0.717, 1.165) is 0 Å². The molecule has 0 aromatic carbocycles. The number of nitrogens with zero attached hydrogens (tertiary/aromatic N) is 2. The molecule has 0 bridgehead atoms. The minimum Gasteiger partial charge on any atom is -0.297 e. The van der Waals surface area contributed by atoms with E-state index in [1.54, 1.807) is 0 Å². The van der Waals surface area contributed by atoms with Gasteiger partial charge in [0, 0.05) is 12.1 Å². The van der Waals surface area contributed by atoms with Gasteiger partial charge in [0.15, 0.2) is 0 Å². The van der Waals surface area contributed by atoms with Crippen LogP contribution in [0.15, 0.2) is 0 Å². The van der Waals surface area contributed by atoms with Crippen LogP contribution in [0.25, 0.3) is 0 Å². The maximum Gasteiger partial charge on any atom is 0.0638 e. The van der Waals surface area contributed by atoms with Crippen LogP contribution < -0.4 is 0 Å². The highest BCUT2D eigenvalue weighted by Gasteiger charge is 2.21. The van der Waals surface area contributed by atoms with Gasteiger partial charge in [-0.25, -0.2) is 0 Å². The Morgan fingerprint density at radius 1 is 1.46 bits per heavy atom. The van der Waals surface area contributed by atoms with Crippen molar-refractivity contribution < 1.29 is 0 Å². The Labute approximate surface area is 81.5 Å². The molecule has 1 aliphatic rings. The molecule has 2 unspecified atom stereocenters. The molecule has 0 amide bonds. The standard InChI is InChI=1S/C11H20N2/c1-10-6-4-3-5-9-13(10)11(2)7-8-12/h10-11H,3-7,9H2,1-2H3. The Kier molecular flexibility index (Phi) is 4.24. The van der Waals surface area contributed by atoms with Crippen LogP contribution in [0.1, 0.15) is 46.0 Å². The third-order valence-corrected chi connectivity index (χ3v) is 3.06. The van der Waals surface area contributed by atoms with Gasteiger partial charge in [0.2, 0.25) is 0 Å².